The minimum Gasteiger partial charge on any atom is -0.373 e. The molecule has 84 valence electrons. The van der Waals surface area contributed by atoms with Gasteiger partial charge in [0.2, 0.25) is 5.91 Å². The predicted molar refractivity (Wildman–Crippen MR) is 61.8 cm³/mol. The van der Waals surface area contributed by atoms with Crippen molar-refractivity contribution < 1.29 is 4.79 Å². The van der Waals surface area contributed by atoms with Crippen LogP contribution < -0.4 is 11.1 Å². The molecule has 0 saturated carbocycles. The van der Waals surface area contributed by atoms with Crippen LogP contribution >= 0.6 is 0 Å². The molecule has 1 atom stereocenters. The second-order valence-electron chi connectivity index (χ2n) is 3.33. The summed E-state index contributed by atoms with van der Waals surface area (Å²) in [6.45, 7) is 1.91. The summed E-state index contributed by atoms with van der Waals surface area (Å²) in [5.74, 6) is -0.546. The third-order valence-corrected chi connectivity index (χ3v) is 2.15. The van der Waals surface area contributed by atoms with Crippen LogP contribution in [0, 0.1) is 6.92 Å². The molecule has 6 heteroatoms. The van der Waals surface area contributed by atoms with Crippen LogP contribution in [0.15, 0.2) is 29.4 Å². The van der Waals surface area contributed by atoms with Gasteiger partial charge in [-0.05, 0) is 24.1 Å². The molecule has 0 aliphatic rings. The molecule has 0 radical (unpaired) electrons. The fourth-order valence-corrected chi connectivity index (χ4v) is 1.25. The highest BCUT2D eigenvalue weighted by Crippen LogP contribution is 2.14. The van der Waals surface area contributed by atoms with E-state index >= 15 is 0 Å². The number of anilines is 1. The Morgan fingerprint density at radius 3 is 2.88 bits per heavy atom. The average molecular weight is 219 g/mol. The number of carbonyl (C=O) groups excluding carboxylic acids is 1. The average Bonchev–Trinajstić information content (AvgIpc) is 2.26. The van der Waals surface area contributed by atoms with E-state index in [1.165, 1.54) is 0 Å². The molecular weight excluding hydrogens is 206 g/mol. The second kappa shape index (κ2) is 5.63. The van der Waals surface area contributed by atoms with Crippen molar-refractivity contribution in [2.24, 2.45) is 10.8 Å². The largest absolute Gasteiger partial charge is 0.373 e. The van der Waals surface area contributed by atoms with Crippen molar-refractivity contribution in [3.8, 4) is 0 Å². The lowest BCUT2D eigenvalue weighted by molar-refractivity contribution is -0.118. The first-order chi connectivity index (χ1) is 7.65. The number of hydrogen-bond acceptors (Lipinski definition) is 3. The third-order valence-electron chi connectivity index (χ3n) is 2.15. The van der Waals surface area contributed by atoms with Gasteiger partial charge in [-0.3, -0.25) is 4.79 Å². The van der Waals surface area contributed by atoms with Gasteiger partial charge in [-0.2, -0.15) is 0 Å². The number of aryl methyl sites for hydroxylation is 1. The molecule has 1 amide bonds. The fourth-order valence-electron chi connectivity index (χ4n) is 1.25. The van der Waals surface area contributed by atoms with E-state index in [2.05, 4.69) is 15.3 Å². The van der Waals surface area contributed by atoms with Crippen LogP contribution in [0.5, 0.6) is 0 Å². The van der Waals surface area contributed by atoms with Crippen molar-refractivity contribution in [1.29, 1.82) is 0 Å². The van der Waals surface area contributed by atoms with Crippen molar-refractivity contribution in [2.45, 2.75) is 13.0 Å². The van der Waals surface area contributed by atoms with E-state index in [1.807, 2.05) is 31.2 Å². The summed E-state index contributed by atoms with van der Waals surface area (Å²) in [5, 5.41) is 6.28. The van der Waals surface area contributed by atoms with Gasteiger partial charge in [0.1, 0.15) is 6.04 Å². The van der Waals surface area contributed by atoms with E-state index in [0.717, 1.165) is 11.3 Å². The number of amides is 1. The van der Waals surface area contributed by atoms with Crippen molar-refractivity contribution in [3.05, 3.63) is 40.3 Å². The molecular formula is C10H13N5O. The second-order valence-corrected chi connectivity index (χ2v) is 3.33. The quantitative estimate of drug-likeness (QED) is 0.445. The van der Waals surface area contributed by atoms with E-state index in [1.54, 1.807) is 0 Å². The zero-order chi connectivity index (χ0) is 12.0. The molecule has 0 bridgehead atoms. The van der Waals surface area contributed by atoms with Gasteiger partial charge in [0, 0.05) is 10.6 Å². The Morgan fingerprint density at radius 1 is 1.62 bits per heavy atom. The van der Waals surface area contributed by atoms with E-state index in [4.69, 9.17) is 11.3 Å². The van der Waals surface area contributed by atoms with E-state index < -0.39 is 11.9 Å². The molecule has 6 nitrogen and oxygen atoms in total. The highest BCUT2D eigenvalue weighted by atomic mass is 16.1. The zero-order valence-electron chi connectivity index (χ0n) is 8.92. The lowest BCUT2D eigenvalue weighted by atomic mass is 10.1. The number of carbonyl (C=O) groups is 1. The molecule has 0 heterocycles. The lowest BCUT2D eigenvalue weighted by Gasteiger charge is -2.15. The van der Waals surface area contributed by atoms with Gasteiger partial charge >= 0.3 is 0 Å². The van der Waals surface area contributed by atoms with Gasteiger partial charge in [0.25, 0.3) is 0 Å². The minimum atomic E-state index is -0.683. The van der Waals surface area contributed by atoms with Crippen LogP contribution in [0.2, 0.25) is 0 Å². The molecule has 1 rings (SSSR count). The zero-order valence-corrected chi connectivity index (χ0v) is 8.92. The van der Waals surface area contributed by atoms with Crippen LogP contribution in [0.4, 0.5) is 5.69 Å². The van der Waals surface area contributed by atoms with Gasteiger partial charge < -0.3 is 11.1 Å². The summed E-state index contributed by atoms with van der Waals surface area (Å²) >= 11 is 0. The SMILES string of the molecule is Cc1ccccc1NC(CN=[N+]=[N-])C(N)=O. The van der Waals surface area contributed by atoms with E-state index in [9.17, 15) is 4.79 Å². The van der Waals surface area contributed by atoms with Crippen molar-refractivity contribution in [3.63, 3.8) is 0 Å². The summed E-state index contributed by atoms with van der Waals surface area (Å²) in [4.78, 5) is 13.7. The minimum absolute atomic E-state index is 0.000166. The number of nitrogens with one attached hydrogen (secondary N) is 1. The van der Waals surface area contributed by atoms with E-state index in [-0.39, 0.29) is 6.54 Å². The number of rotatable bonds is 5. The molecule has 0 aliphatic carbocycles. The van der Waals surface area contributed by atoms with Gasteiger partial charge in [-0.1, -0.05) is 23.3 Å². The number of primary amides is 1. The Hall–Kier alpha value is -2.20. The highest BCUT2D eigenvalue weighted by Gasteiger charge is 2.14. The Kier molecular flexibility index (Phi) is 4.17. The first-order valence-corrected chi connectivity index (χ1v) is 4.77. The third kappa shape index (κ3) is 3.18. The standard InChI is InChI=1S/C10H13N5O/c1-7-4-2-3-5-8(7)14-9(10(11)16)6-13-15-12/h2-5,9,14H,6H2,1H3,(H2,11,16). The van der Waals surface area contributed by atoms with Gasteiger partial charge in [0.15, 0.2) is 0 Å². The summed E-state index contributed by atoms with van der Waals surface area (Å²) in [6, 6.07) is 6.81. The molecule has 0 aliphatic heterocycles. The van der Waals surface area contributed by atoms with Crippen LogP contribution in [-0.2, 0) is 4.79 Å². The molecule has 0 saturated heterocycles. The maximum Gasteiger partial charge on any atom is 0.240 e. The molecule has 0 fully saturated rings. The summed E-state index contributed by atoms with van der Waals surface area (Å²) in [6.07, 6.45) is 0. The Bertz CT molecular complexity index is 425. The first-order valence-electron chi connectivity index (χ1n) is 4.77. The van der Waals surface area contributed by atoms with Crippen molar-refractivity contribution in [1.82, 2.24) is 0 Å². The monoisotopic (exact) mass is 219 g/mol. The number of benzene rings is 1. The Balaban J connectivity index is 2.79. The molecule has 0 aromatic heterocycles. The summed E-state index contributed by atoms with van der Waals surface area (Å²) in [7, 11) is 0. The van der Waals surface area contributed by atoms with Crippen LogP contribution in [0.25, 0.3) is 10.4 Å². The molecule has 1 aromatic carbocycles. The topological polar surface area (TPSA) is 104 Å². The van der Waals surface area contributed by atoms with Crippen LogP contribution in [-0.4, -0.2) is 18.5 Å². The van der Waals surface area contributed by atoms with Gasteiger partial charge in [-0.15, -0.1) is 0 Å². The number of hydrogen-bond donors (Lipinski definition) is 2. The maximum atomic E-state index is 11.1. The van der Waals surface area contributed by atoms with E-state index in [0.29, 0.717) is 0 Å². The van der Waals surface area contributed by atoms with Crippen molar-refractivity contribution >= 4 is 11.6 Å². The summed E-state index contributed by atoms with van der Waals surface area (Å²) < 4.78 is 0. The molecule has 16 heavy (non-hydrogen) atoms. The first kappa shape index (κ1) is 11.9. The number of azide groups is 1. The number of para-hydroxylation sites is 1. The number of nitrogens with two attached hydrogens (primary N) is 1. The predicted octanol–water partition coefficient (Wildman–Crippen LogP) is 1.57. The molecule has 0 spiro atoms. The van der Waals surface area contributed by atoms with Crippen LogP contribution in [0.1, 0.15) is 5.56 Å². The van der Waals surface area contributed by atoms with Crippen molar-refractivity contribution in [2.75, 3.05) is 11.9 Å². The van der Waals surface area contributed by atoms with Gasteiger partial charge in [-0.25, -0.2) is 0 Å². The molecule has 1 unspecified atom stereocenters. The van der Waals surface area contributed by atoms with Crippen LogP contribution in [0.3, 0.4) is 0 Å². The molecule has 1 aromatic rings. The normalized spacial score (nSPS) is 11.3. The number of nitrogens with zero attached hydrogens (tertiary/aromatic N) is 3. The smallest absolute Gasteiger partial charge is 0.240 e. The summed E-state index contributed by atoms with van der Waals surface area (Å²) in [5.41, 5.74) is 15.2. The van der Waals surface area contributed by atoms with Gasteiger partial charge in [0.05, 0.1) is 6.54 Å². The lowest BCUT2D eigenvalue weighted by Crippen LogP contribution is -2.37. The Labute approximate surface area is 93.1 Å². The maximum absolute atomic E-state index is 11.1. The molecule has 3 N–H and O–H groups in total. The fraction of sp³-hybridized carbons (Fsp3) is 0.300. The highest BCUT2D eigenvalue weighted by molar-refractivity contribution is 5.83. The Morgan fingerprint density at radius 2 is 2.31 bits per heavy atom.